The number of fused-ring (bicyclic) bond motifs is 1. The molecular weight excluding hydrogens is 521 g/mol. The van der Waals surface area contributed by atoms with E-state index in [1.54, 1.807) is 30.3 Å². The third-order valence-corrected chi connectivity index (χ3v) is 7.35. The second kappa shape index (κ2) is 9.15. The van der Waals surface area contributed by atoms with Crippen LogP contribution >= 0.6 is 46.6 Å². The van der Waals surface area contributed by atoms with E-state index < -0.39 is 67.4 Å². The molecule has 2 amide bonds. The number of rotatable bonds is 7. The molecule has 3 rings (SSSR count). The van der Waals surface area contributed by atoms with Crippen molar-refractivity contribution >= 4 is 76.1 Å². The molecule has 2 aliphatic heterocycles. The number of Topliss-reactive ketones (excluding diaryl/α,β-unsaturated/α-hetero) is 2. The summed E-state index contributed by atoms with van der Waals surface area (Å²) in [6.45, 7) is -0.928. The smallest absolute Gasteiger partial charge is 0.404 e. The molecule has 5 N–H and O–H groups in total. The van der Waals surface area contributed by atoms with Crippen LogP contribution in [0.3, 0.4) is 0 Å². The van der Waals surface area contributed by atoms with Crippen LogP contribution in [-0.2, 0) is 30.3 Å². The largest absolute Gasteiger partial charge is 0.477 e. The summed E-state index contributed by atoms with van der Waals surface area (Å²) < 4.78 is -0.383. The number of hydrogen-bond donors (Lipinski definition) is 3. The SMILES string of the molecule is NC(=O)OCC1=C(C(=O)O)N2C(=O)C(N)[C@H]2SC1(C(=O)Cc1ccccc1)C(=O)C(Cl)(Cl)Cl. The van der Waals surface area contributed by atoms with Crippen LogP contribution in [0.2, 0.25) is 0 Å². The third kappa shape index (κ3) is 4.43. The van der Waals surface area contributed by atoms with Crippen molar-refractivity contribution in [3.05, 3.63) is 47.2 Å². The fourth-order valence-corrected chi connectivity index (χ4v) is 5.91. The normalized spacial score (nSPS) is 24.6. The van der Waals surface area contributed by atoms with E-state index in [9.17, 15) is 29.1 Å². The van der Waals surface area contributed by atoms with Crippen molar-refractivity contribution in [3.63, 3.8) is 0 Å². The van der Waals surface area contributed by atoms with E-state index in [-0.39, 0.29) is 6.42 Å². The molecule has 0 saturated carbocycles. The monoisotopic (exact) mass is 535 g/mol. The zero-order valence-electron chi connectivity index (χ0n) is 16.5. The maximum Gasteiger partial charge on any atom is 0.404 e. The van der Waals surface area contributed by atoms with Crippen molar-refractivity contribution < 1.29 is 33.8 Å². The molecule has 2 aliphatic rings. The van der Waals surface area contributed by atoms with Crippen LogP contribution in [0.1, 0.15) is 5.56 Å². The van der Waals surface area contributed by atoms with Crippen molar-refractivity contribution in [2.75, 3.05) is 6.61 Å². The Balaban J connectivity index is 2.29. The lowest BCUT2D eigenvalue weighted by atomic mass is 9.84. The Hall–Kier alpha value is -2.31. The maximum absolute atomic E-state index is 13.7. The molecule has 3 atom stereocenters. The molecule has 176 valence electrons. The first kappa shape index (κ1) is 25.3. The first-order chi connectivity index (χ1) is 15.3. The van der Waals surface area contributed by atoms with Gasteiger partial charge in [-0.3, -0.25) is 19.3 Å². The van der Waals surface area contributed by atoms with Gasteiger partial charge in [0.15, 0.2) is 10.5 Å². The van der Waals surface area contributed by atoms with Gasteiger partial charge in [-0.25, -0.2) is 9.59 Å². The van der Waals surface area contributed by atoms with Crippen LogP contribution in [0, 0.1) is 0 Å². The highest BCUT2D eigenvalue weighted by Gasteiger charge is 2.66. The quantitative estimate of drug-likeness (QED) is 0.263. The highest BCUT2D eigenvalue weighted by atomic mass is 35.6. The predicted molar refractivity (Wildman–Crippen MR) is 120 cm³/mol. The number of carboxylic acid groups (broad SMARTS) is 1. The van der Waals surface area contributed by atoms with Crippen LogP contribution in [0.5, 0.6) is 0 Å². The van der Waals surface area contributed by atoms with Crippen molar-refractivity contribution in [1.82, 2.24) is 4.90 Å². The summed E-state index contributed by atoms with van der Waals surface area (Å²) >= 11 is 18.2. The van der Waals surface area contributed by atoms with Gasteiger partial charge in [0.25, 0.3) is 3.79 Å². The average Bonchev–Trinajstić information content (AvgIpc) is 2.75. The summed E-state index contributed by atoms with van der Waals surface area (Å²) in [7, 11) is 0. The maximum atomic E-state index is 13.7. The van der Waals surface area contributed by atoms with E-state index in [0.717, 1.165) is 4.90 Å². The number of aliphatic carboxylic acids is 1. The van der Waals surface area contributed by atoms with Crippen LogP contribution in [0.25, 0.3) is 0 Å². The number of amides is 2. The molecule has 0 spiro atoms. The molecule has 14 heteroatoms. The molecule has 0 aromatic heterocycles. The summed E-state index contributed by atoms with van der Waals surface area (Å²) in [6, 6.07) is 6.98. The van der Waals surface area contributed by atoms with Gasteiger partial charge in [0.2, 0.25) is 11.7 Å². The number of nitrogens with zero attached hydrogens (tertiary/aromatic N) is 1. The molecule has 1 aromatic carbocycles. The summed E-state index contributed by atoms with van der Waals surface area (Å²) in [6.07, 6.45) is -1.69. The zero-order valence-corrected chi connectivity index (χ0v) is 19.6. The third-order valence-electron chi connectivity index (χ3n) is 5.07. The number of ketones is 2. The van der Waals surface area contributed by atoms with E-state index in [2.05, 4.69) is 0 Å². The van der Waals surface area contributed by atoms with Crippen molar-refractivity contribution in [3.8, 4) is 0 Å². The Bertz CT molecular complexity index is 1080. The summed E-state index contributed by atoms with van der Waals surface area (Å²) in [4.78, 5) is 63.8. The molecule has 0 aliphatic carbocycles. The van der Waals surface area contributed by atoms with E-state index in [4.69, 9.17) is 51.0 Å². The average molecular weight is 537 g/mol. The van der Waals surface area contributed by atoms with Gasteiger partial charge in [-0.2, -0.15) is 0 Å². The van der Waals surface area contributed by atoms with Crippen molar-refractivity contribution in [2.24, 2.45) is 11.5 Å². The molecule has 33 heavy (non-hydrogen) atoms. The van der Waals surface area contributed by atoms with E-state index in [0.29, 0.717) is 17.3 Å². The molecule has 2 unspecified atom stereocenters. The number of carbonyl (C=O) groups excluding carboxylic acids is 4. The molecule has 2 heterocycles. The summed E-state index contributed by atoms with van der Waals surface area (Å²) in [5.41, 5.74) is 10.00. The molecule has 10 nitrogen and oxygen atoms in total. The number of alkyl halides is 3. The highest BCUT2D eigenvalue weighted by Crippen LogP contribution is 2.54. The summed E-state index contributed by atoms with van der Waals surface area (Å²) in [5, 5.41) is 8.77. The van der Waals surface area contributed by atoms with Gasteiger partial charge in [0, 0.05) is 12.0 Å². The number of primary amides is 1. The van der Waals surface area contributed by atoms with E-state index in [1.165, 1.54) is 0 Å². The minimum atomic E-state index is -2.68. The van der Waals surface area contributed by atoms with Gasteiger partial charge in [-0.1, -0.05) is 65.1 Å². The standard InChI is InChI=1S/C19H16Cl3N3O7S/c20-19(21,22)16(30)18(10(26)6-8-4-2-1-3-5-8)9(7-32-17(24)31)12(15(28)29)25-13(27)11(23)14(25)33-18/h1-5,11,14H,6-7,23H2,(H2,24,31)(H,28,29)/t11?,14-,18?/m1/s1. The van der Waals surface area contributed by atoms with Crippen molar-refractivity contribution in [1.29, 1.82) is 0 Å². The fourth-order valence-electron chi connectivity index (χ4n) is 3.62. The highest BCUT2D eigenvalue weighted by molar-refractivity contribution is 8.03. The lowest BCUT2D eigenvalue weighted by Crippen LogP contribution is -2.72. The first-order valence-corrected chi connectivity index (χ1v) is 11.2. The topological polar surface area (TPSA) is 170 Å². The molecule has 0 bridgehead atoms. The number of ether oxygens (including phenoxy) is 1. The van der Waals surface area contributed by atoms with Crippen LogP contribution in [0.15, 0.2) is 41.6 Å². The van der Waals surface area contributed by atoms with Crippen LogP contribution < -0.4 is 11.5 Å². The minimum Gasteiger partial charge on any atom is -0.477 e. The second-order valence-electron chi connectivity index (χ2n) is 7.08. The lowest BCUT2D eigenvalue weighted by molar-refractivity contribution is -0.148. The van der Waals surface area contributed by atoms with Gasteiger partial charge in [-0.05, 0) is 5.56 Å². The van der Waals surface area contributed by atoms with E-state index in [1.807, 2.05) is 0 Å². The Morgan fingerprint density at radius 2 is 1.79 bits per heavy atom. The number of hydrogen-bond acceptors (Lipinski definition) is 8. The molecule has 1 aromatic rings. The molecular formula is C19H16Cl3N3O7S. The molecule has 1 fully saturated rings. The first-order valence-electron chi connectivity index (χ1n) is 9.16. The number of thioether (sulfide) groups is 1. The zero-order chi connectivity index (χ0) is 24.7. The van der Waals surface area contributed by atoms with Gasteiger partial charge in [-0.15, -0.1) is 11.8 Å². The van der Waals surface area contributed by atoms with Gasteiger partial charge in [0.1, 0.15) is 23.7 Å². The predicted octanol–water partition coefficient (Wildman–Crippen LogP) is 1.15. The van der Waals surface area contributed by atoms with Gasteiger partial charge < -0.3 is 21.3 Å². The number of benzene rings is 1. The lowest BCUT2D eigenvalue weighted by Gasteiger charge is -2.53. The Labute approximate surface area is 206 Å². The number of halogens is 3. The minimum absolute atomic E-state index is 0.372. The number of carboxylic acids is 1. The second-order valence-corrected chi connectivity index (χ2v) is 10.7. The van der Waals surface area contributed by atoms with Gasteiger partial charge >= 0.3 is 12.1 Å². The summed E-state index contributed by atoms with van der Waals surface area (Å²) in [5.74, 6) is -4.61. The van der Waals surface area contributed by atoms with E-state index >= 15 is 0 Å². The number of β-lactam (4-membered cyclic amide) rings is 1. The molecule has 0 radical (unpaired) electrons. The Morgan fingerprint density at radius 1 is 1.18 bits per heavy atom. The Kier molecular flexibility index (Phi) is 7.02. The van der Waals surface area contributed by atoms with Crippen LogP contribution in [-0.4, -0.2) is 66.1 Å². The number of nitrogens with two attached hydrogens (primary N) is 2. The fraction of sp³-hybridized carbons (Fsp3) is 0.316. The van der Waals surface area contributed by atoms with Gasteiger partial charge in [0.05, 0.1) is 0 Å². The Morgan fingerprint density at radius 3 is 2.30 bits per heavy atom. The number of carbonyl (C=O) groups is 5. The van der Waals surface area contributed by atoms with Crippen molar-refractivity contribution in [2.45, 2.75) is 26.4 Å². The van der Waals surface area contributed by atoms with Crippen LogP contribution in [0.4, 0.5) is 4.79 Å². The molecule has 1 saturated heterocycles.